The number of aryl methyl sites for hydroxylation is 2. The number of carbonyl (C=O) groups is 2. The second-order valence-corrected chi connectivity index (χ2v) is 7.90. The number of hydrogen-bond acceptors (Lipinski definition) is 5. The maximum Gasteiger partial charge on any atom is 0.323 e. The molecule has 8 nitrogen and oxygen atoms in total. The van der Waals surface area contributed by atoms with Crippen molar-refractivity contribution >= 4 is 40.3 Å². The summed E-state index contributed by atoms with van der Waals surface area (Å²) in [4.78, 5) is 35.7. The lowest BCUT2D eigenvalue weighted by Gasteiger charge is -2.10. The van der Waals surface area contributed by atoms with Crippen molar-refractivity contribution in [2.24, 2.45) is 0 Å². The Labute approximate surface area is 177 Å². The zero-order chi connectivity index (χ0) is 21.7. The molecule has 0 aliphatic carbocycles. The van der Waals surface area contributed by atoms with Crippen LogP contribution >= 0.6 is 11.3 Å². The molecule has 3 rings (SSSR count). The molecule has 1 heterocycles. The van der Waals surface area contributed by atoms with Crippen molar-refractivity contribution in [1.82, 2.24) is 5.32 Å². The zero-order valence-corrected chi connectivity index (χ0v) is 17.2. The van der Waals surface area contributed by atoms with Crippen LogP contribution < -0.4 is 16.0 Å². The van der Waals surface area contributed by atoms with E-state index in [-0.39, 0.29) is 29.0 Å². The second kappa shape index (κ2) is 9.19. The first kappa shape index (κ1) is 21.0. The van der Waals surface area contributed by atoms with Crippen molar-refractivity contribution in [3.63, 3.8) is 0 Å². The third-order valence-electron chi connectivity index (χ3n) is 4.23. The SMILES string of the molecule is Cc1cccc(NC(=O)Nc2cccc(CNC(=O)c3cc([N+](=O)[O-])c(C)s3)c2)c1. The number of hydrogen-bond donors (Lipinski definition) is 3. The van der Waals surface area contributed by atoms with E-state index in [1.165, 1.54) is 6.07 Å². The smallest absolute Gasteiger partial charge is 0.323 e. The predicted octanol–water partition coefficient (Wildman–Crippen LogP) is 4.85. The van der Waals surface area contributed by atoms with Gasteiger partial charge in [0.2, 0.25) is 0 Å². The van der Waals surface area contributed by atoms with E-state index in [1.807, 2.05) is 31.2 Å². The standard InChI is InChI=1S/C21H20N4O4S/c1-13-5-3-7-16(9-13)23-21(27)24-17-8-4-6-15(10-17)12-22-20(26)19-11-18(25(28)29)14(2)30-19/h3-11H,12H2,1-2H3,(H,22,26)(H2,23,24,27). The minimum absolute atomic E-state index is 0.0593. The van der Waals surface area contributed by atoms with E-state index in [2.05, 4.69) is 16.0 Å². The normalized spacial score (nSPS) is 10.3. The van der Waals surface area contributed by atoms with Crippen LogP contribution in [0.1, 0.15) is 25.7 Å². The number of carbonyl (C=O) groups excluding carboxylic acids is 2. The first-order valence-electron chi connectivity index (χ1n) is 9.08. The molecule has 30 heavy (non-hydrogen) atoms. The molecule has 0 bridgehead atoms. The Bertz CT molecular complexity index is 1110. The minimum Gasteiger partial charge on any atom is -0.347 e. The third-order valence-corrected chi connectivity index (χ3v) is 5.26. The van der Waals surface area contributed by atoms with Gasteiger partial charge in [-0.3, -0.25) is 14.9 Å². The van der Waals surface area contributed by atoms with Crippen molar-refractivity contribution in [2.45, 2.75) is 20.4 Å². The van der Waals surface area contributed by atoms with Crippen LogP contribution in [0.15, 0.2) is 54.6 Å². The van der Waals surface area contributed by atoms with Crippen LogP contribution in [-0.4, -0.2) is 16.9 Å². The minimum atomic E-state index is -0.500. The quantitative estimate of drug-likeness (QED) is 0.388. The van der Waals surface area contributed by atoms with Gasteiger partial charge in [0.1, 0.15) is 0 Å². The summed E-state index contributed by atoms with van der Waals surface area (Å²) in [5.74, 6) is -0.383. The van der Waals surface area contributed by atoms with Crippen LogP contribution in [0.25, 0.3) is 0 Å². The molecule has 0 atom stereocenters. The molecule has 9 heteroatoms. The number of amides is 3. The van der Waals surface area contributed by atoms with Crippen LogP contribution in [0.4, 0.5) is 21.9 Å². The summed E-state index contributed by atoms with van der Waals surface area (Å²) in [6, 6.07) is 15.4. The van der Waals surface area contributed by atoms with Gasteiger partial charge < -0.3 is 16.0 Å². The molecule has 3 N–H and O–H groups in total. The molecule has 0 spiro atoms. The van der Waals surface area contributed by atoms with Crippen molar-refractivity contribution in [3.05, 3.63) is 85.6 Å². The average molecular weight is 424 g/mol. The summed E-state index contributed by atoms with van der Waals surface area (Å²) in [5, 5.41) is 19.2. The lowest BCUT2D eigenvalue weighted by molar-refractivity contribution is -0.385. The van der Waals surface area contributed by atoms with Gasteiger partial charge in [0.15, 0.2) is 0 Å². The number of rotatable bonds is 6. The largest absolute Gasteiger partial charge is 0.347 e. The third kappa shape index (κ3) is 5.42. The van der Waals surface area contributed by atoms with Gasteiger partial charge in [-0.2, -0.15) is 0 Å². The van der Waals surface area contributed by atoms with Gasteiger partial charge >= 0.3 is 6.03 Å². The molecular formula is C21H20N4O4S. The fourth-order valence-corrected chi connectivity index (χ4v) is 3.71. The number of nitro groups is 1. The summed E-state index contributed by atoms with van der Waals surface area (Å²) >= 11 is 1.08. The number of nitrogens with one attached hydrogen (secondary N) is 3. The van der Waals surface area contributed by atoms with Gasteiger partial charge in [-0.05, 0) is 49.2 Å². The fourth-order valence-electron chi connectivity index (χ4n) is 2.81. The maximum absolute atomic E-state index is 12.3. The van der Waals surface area contributed by atoms with Gasteiger partial charge in [-0.25, -0.2) is 4.79 Å². The maximum atomic E-state index is 12.3. The summed E-state index contributed by atoms with van der Waals surface area (Å²) in [6.07, 6.45) is 0. The summed E-state index contributed by atoms with van der Waals surface area (Å²) in [5.41, 5.74) is 3.03. The van der Waals surface area contributed by atoms with Crippen molar-refractivity contribution in [2.75, 3.05) is 10.6 Å². The van der Waals surface area contributed by atoms with E-state index in [9.17, 15) is 19.7 Å². The molecule has 0 aliphatic rings. The van der Waals surface area contributed by atoms with Crippen LogP contribution in [0.3, 0.4) is 0 Å². The monoisotopic (exact) mass is 424 g/mol. The number of benzene rings is 2. The highest BCUT2D eigenvalue weighted by atomic mass is 32.1. The molecule has 0 radical (unpaired) electrons. The predicted molar refractivity (Wildman–Crippen MR) is 117 cm³/mol. The van der Waals surface area contributed by atoms with E-state index < -0.39 is 4.92 Å². The first-order valence-corrected chi connectivity index (χ1v) is 9.90. The number of thiophene rings is 1. The van der Waals surface area contributed by atoms with E-state index in [4.69, 9.17) is 0 Å². The lowest BCUT2D eigenvalue weighted by Crippen LogP contribution is -2.22. The molecule has 154 valence electrons. The second-order valence-electron chi connectivity index (χ2n) is 6.64. The van der Waals surface area contributed by atoms with Gasteiger partial charge in [0, 0.05) is 24.0 Å². The Hall–Kier alpha value is -3.72. The van der Waals surface area contributed by atoms with Gasteiger partial charge in [-0.15, -0.1) is 11.3 Å². The molecule has 3 aromatic rings. The molecule has 1 aromatic heterocycles. The van der Waals surface area contributed by atoms with Crippen LogP contribution in [0, 0.1) is 24.0 Å². The van der Waals surface area contributed by atoms with Crippen molar-refractivity contribution in [1.29, 1.82) is 0 Å². The van der Waals surface area contributed by atoms with E-state index in [1.54, 1.807) is 31.2 Å². The van der Waals surface area contributed by atoms with Gasteiger partial charge in [0.05, 0.1) is 14.7 Å². The summed E-state index contributed by atoms with van der Waals surface area (Å²) < 4.78 is 0. The Morgan fingerprint density at radius 1 is 1.00 bits per heavy atom. The molecule has 0 aliphatic heterocycles. The Balaban J connectivity index is 1.58. The van der Waals surface area contributed by atoms with E-state index in [0.29, 0.717) is 16.3 Å². The lowest BCUT2D eigenvalue weighted by atomic mass is 10.2. The fraction of sp³-hybridized carbons (Fsp3) is 0.143. The van der Waals surface area contributed by atoms with Crippen LogP contribution in [0.2, 0.25) is 0 Å². The molecule has 0 unspecified atom stereocenters. The molecule has 3 amide bonds. The highest BCUT2D eigenvalue weighted by molar-refractivity contribution is 7.14. The molecular weight excluding hydrogens is 404 g/mol. The highest BCUT2D eigenvalue weighted by Crippen LogP contribution is 2.28. The Morgan fingerprint density at radius 3 is 2.30 bits per heavy atom. The molecule has 0 saturated heterocycles. The van der Waals surface area contributed by atoms with Crippen LogP contribution in [0.5, 0.6) is 0 Å². The van der Waals surface area contributed by atoms with Crippen LogP contribution in [-0.2, 0) is 6.54 Å². The van der Waals surface area contributed by atoms with Gasteiger partial charge in [-0.1, -0.05) is 24.3 Å². The average Bonchev–Trinajstić information content (AvgIpc) is 3.08. The summed E-state index contributed by atoms with van der Waals surface area (Å²) in [7, 11) is 0. The zero-order valence-electron chi connectivity index (χ0n) is 16.4. The number of urea groups is 1. The first-order chi connectivity index (χ1) is 14.3. The molecule has 2 aromatic carbocycles. The Morgan fingerprint density at radius 2 is 1.67 bits per heavy atom. The van der Waals surface area contributed by atoms with E-state index >= 15 is 0 Å². The summed E-state index contributed by atoms with van der Waals surface area (Å²) in [6.45, 7) is 3.77. The topological polar surface area (TPSA) is 113 Å². The highest BCUT2D eigenvalue weighted by Gasteiger charge is 2.19. The van der Waals surface area contributed by atoms with E-state index in [0.717, 1.165) is 22.5 Å². The molecule has 0 fully saturated rings. The van der Waals surface area contributed by atoms with Gasteiger partial charge in [0.25, 0.3) is 11.6 Å². The molecule has 0 saturated carbocycles. The number of nitrogens with zero attached hydrogens (tertiary/aromatic N) is 1. The van der Waals surface area contributed by atoms with Crippen molar-refractivity contribution < 1.29 is 14.5 Å². The van der Waals surface area contributed by atoms with Crippen molar-refractivity contribution in [3.8, 4) is 0 Å². The Kier molecular flexibility index (Phi) is 6.43. The number of anilines is 2.